The van der Waals surface area contributed by atoms with Crippen LogP contribution in [0.4, 0.5) is 0 Å². The van der Waals surface area contributed by atoms with Gasteiger partial charge in [0.25, 0.3) is 0 Å². The van der Waals surface area contributed by atoms with Gasteiger partial charge in [0.1, 0.15) is 10.6 Å². The van der Waals surface area contributed by atoms with Crippen LogP contribution in [0.15, 0.2) is 29.2 Å². The number of nitrogens with zero attached hydrogens (tertiary/aromatic N) is 2. The van der Waals surface area contributed by atoms with Gasteiger partial charge < -0.3 is 14.4 Å². The van der Waals surface area contributed by atoms with Gasteiger partial charge in [0.15, 0.2) is 0 Å². The van der Waals surface area contributed by atoms with Crippen LogP contribution in [0.5, 0.6) is 5.75 Å². The van der Waals surface area contributed by atoms with E-state index in [4.69, 9.17) is 4.74 Å². The maximum Gasteiger partial charge on any atom is 0.306 e. The lowest BCUT2D eigenvalue weighted by molar-refractivity contribution is -0.143. The Balaban J connectivity index is 1.99. The van der Waals surface area contributed by atoms with Crippen molar-refractivity contribution in [2.24, 2.45) is 0 Å². The van der Waals surface area contributed by atoms with Crippen LogP contribution in [0, 0.1) is 0 Å². The van der Waals surface area contributed by atoms with Crippen molar-refractivity contribution in [3.8, 4) is 5.75 Å². The smallest absolute Gasteiger partial charge is 0.306 e. The van der Waals surface area contributed by atoms with E-state index in [1.165, 1.54) is 24.6 Å². The number of carbonyl (C=O) groups excluding carboxylic acids is 2. The second-order valence-corrected chi connectivity index (χ2v) is 7.42. The predicted molar refractivity (Wildman–Crippen MR) is 89.6 cm³/mol. The van der Waals surface area contributed by atoms with Crippen molar-refractivity contribution in [2.75, 3.05) is 40.4 Å². The molecule has 1 aliphatic heterocycles. The number of hydrogen-bond donors (Lipinski definition) is 0. The number of sulfonamides is 1. The SMILES string of the molecule is COC(=O)CCC(=O)N1CCN(S(=O)(=O)c2ccccc2OC)CC1. The highest BCUT2D eigenvalue weighted by atomic mass is 32.2. The fraction of sp³-hybridized carbons (Fsp3) is 0.500. The van der Waals surface area contributed by atoms with Crippen LogP contribution < -0.4 is 4.74 Å². The lowest BCUT2D eigenvalue weighted by Gasteiger charge is -2.34. The third kappa shape index (κ3) is 4.49. The van der Waals surface area contributed by atoms with Gasteiger partial charge in [-0.15, -0.1) is 0 Å². The van der Waals surface area contributed by atoms with Gasteiger partial charge in [-0.1, -0.05) is 12.1 Å². The number of esters is 1. The fourth-order valence-corrected chi connectivity index (χ4v) is 4.20. The average Bonchev–Trinajstić information content (AvgIpc) is 2.65. The van der Waals surface area contributed by atoms with Gasteiger partial charge in [-0.05, 0) is 12.1 Å². The number of amides is 1. The topological polar surface area (TPSA) is 93.2 Å². The molecule has 0 aromatic heterocycles. The van der Waals surface area contributed by atoms with Gasteiger partial charge in [0.05, 0.1) is 20.6 Å². The average molecular weight is 370 g/mol. The van der Waals surface area contributed by atoms with Crippen molar-refractivity contribution in [3.05, 3.63) is 24.3 Å². The molecular formula is C16H22N2O6S. The van der Waals surface area contributed by atoms with E-state index >= 15 is 0 Å². The molecule has 0 N–H and O–H groups in total. The number of piperazine rings is 1. The summed E-state index contributed by atoms with van der Waals surface area (Å²) in [5, 5.41) is 0. The minimum absolute atomic E-state index is 0.0229. The zero-order valence-electron chi connectivity index (χ0n) is 14.3. The first-order valence-electron chi connectivity index (χ1n) is 7.88. The molecule has 0 unspecified atom stereocenters. The number of ether oxygens (including phenoxy) is 2. The Bertz CT molecular complexity index is 726. The van der Waals surface area contributed by atoms with E-state index in [-0.39, 0.29) is 49.8 Å². The van der Waals surface area contributed by atoms with Crippen LogP contribution in [-0.4, -0.2) is 69.9 Å². The van der Waals surface area contributed by atoms with Crippen molar-refractivity contribution < 1.29 is 27.5 Å². The number of carbonyl (C=O) groups is 2. The van der Waals surface area contributed by atoms with Crippen LogP contribution in [-0.2, 0) is 24.3 Å². The van der Waals surface area contributed by atoms with E-state index in [0.717, 1.165) is 0 Å². The molecule has 1 heterocycles. The Morgan fingerprint density at radius 1 is 1.04 bits per heavy atom. The first kappa shape index (κ1) is 19.2. The summed E-state index contributed by atoms with van der Waals surface area (Å²) in [6.45, 7) is 0.970. The number of benzene rings is 1. The largest absolute Gasteiger partial charge is 0.495 e. The standard InChI is InChI=1S/C16H22N2O6S/c1-23-13-5-3-4-6-14(13)25(21,22)18-11-9-17(10-12-18)15(19)7-8-16(20)24-2/h3-6H,7-12H2,1-2H3. The number of para-hydroxylation sites is 1. The van der Waals surface area contributed by atoms with Gasteiger partial charge in [-0.3, -0.25) is 9.59 Å². The van der Waals surface area contributed by atoms with E-state index in [0.29, 0.717) is 5.75 Å². The molecule has 1 amide bonds. The molecule has 1 aliphatic rings. The lowest BCUT2D eigenvalue weighted by atomic mass is 10.2. The maximum atomic E-state index is 12.8. The molecular weight excluding hydrogens is 348 g/mol. The second kappa shape index (κ2) is 8.30. The molecule has 0 bridgehead atoms. The van der Waals surface area contributed by atoms with Gasteiger partial charge in [0, 0.05) is 32.6 Å². The van der Waals surface area contributed by atoms with E-state index < -0.39 is 16.0 Å². The Morgan fingerprint density at radius 2 is 1.68 bits per heavy atom. The molecule has 1 saturated heterocycles. The van der Waals surface area contributed by atoms with Crippen LogP contribution in [0.25, 0.3) is 0 Å². The van der Waals surface area contributed by atoms with E-state index in [9.17, 15) is 18.0 Å². The van der Waals surface area contributed by atoms with Crippen LogP contribution in [0.3, 0.4) is 0 Å². The Hall–Kier alpha value is -2.13. The lowest BCUT2D eigenvalue weighted by Crippen LogP contribution is -2.50. The Labute approximate surface area is 147 Å². The van der Waals surface area contributed by atoms with Crippen molar-refractivity contribution in [1.82, 2.24) is 9.21 Å². The van der Waals surface area contributed by atoms with Crippen molar-refractivity contribution in [1.29, 1.82) is 0 Å². The minimum atomic E-state index is -3.69. The van der Waals surface area contributed by atoms with Gasteiger partial charge >= 0.3 is 5.97 Å². The van der Waals surface area contributed by atoms with Crippen molar-refractivity contribution >= 4 is 21.9 Å². The zero-order chi connectivity index (χ0) is 18.4. The first-order valence-corrected chi connectivity index (χ1v) is 9.32. The molecule has 25 heavy (non-hydrogen) atoms. The highest BCUT2D eigenvalue weighted by Crippen LogP contribution is 2.26. The highest BCUT2D eigenvalue weighted by Gasteiger charge is 2.31. The highest BCUT2D eigenvalue weighted by molar-refractivity contribution is 7.89. The summed E-state index contributed by atoms with van der Waals surface area (Å²) in [5.41, 5.74) is 0. The number of hydrogen-bond acceptors (Lipinski definition) is 6. The first-order chi connectivity index (χ1) is 11.9. The summed E-state index contributed by atoms with van der Waals surface area (Å²) in [6, 6.07) is 6.44. The summed E-state index contributed by atoms with van der Waals surface area (Å²) >= 11 is 0. The zero-order valence-corrected chi connectivity index (χ0v) is 15.1. The van der Waals surface area contributed by atoms with E-state index in [1.54, 1.807) is 23.1 Å². The van der Waals surface area contributed by atoms with Gasteiger partial charge in [-0.2, -0.15) is 4.31 Å². The van der Waals surface area contributed by atoms with Crippen LogP contribution in [0.1, 0.15) is 12.8 Å². The molecule has 1 aromatic rings. The fourth-order valence-electron chi connectivity index (χ4n) is 2.62. The molecule has 0 radical (unpaired) electrons. The third-order valence-electron chi connectivity index (χ3n) is 4.05. The van der Waals surface area contributed by atoms with Gasteiger partial charge in [-0.25, -0.2) is 8.42 Å². The molecule has 1 fully saturated rings. The van der Waals surface area contributed by atoms with Gasteiger partial charge in [0.2, 0.25) is 15.9 Å². The minimum Gasteiger partial charge on any atom is -0.495 e. The predicted octanol–water partition coefficient (Wildman–Crippen LogP) is 0.481. The molecule has 0 saturated carbocycles. The molecule has 0 spiro atoms. The number of methoxy groups -OCH3 is 2. The maximum absolute atomic E-state index is 12.8. The summed E-state index contributed by atoms with van der Waals surface area (Å²) in [7, 11) is -0.992. The molecule has 9 heteroatoms. The normalized spacial score (nSPS) is 15.7. The number of rotatable bonds is 6. The Kier molecular flexibility index (Phi) is 6.38. The summed E-state index contributed by atoms with van der Waals surface area (Å²) in [4.78, 5) is 24.9. The summed E-state index contributed by atoms with van der Waals surface area (Å²) < 4.78 is 36.5. The third-order valence-corrected chi connectivity index (χ3v) is 5.99. The second-order valence-electron chi connectivity index (χ2n) is 5.51. The molecule has 2 rings (SSSR count). The molecule has 1 aromatic carbocycles. The van der Waals surface area contributed by atoms with Crippen LogP contribution in [0.2, 0.25) is 0 Å². The molecule has 138 valence electrons. The molecule has 0 atom stereocenters. The summed E-state index contributed by atoms with van der Waals surface area (Å²) in [6.07, 6.45) is 0.0843. The quantitative estimate of drug-likeness (QED) is 0.676. The van der Waals surface area contributed by atoms with E-state index in [2.05, 4.69) is 4.74 Å². The summed E-state index contributed by atoms with van der Waals surface area (Å²) in [5.74, 6) is -0.329. The molecule has 0 aliphatic carbocycles. The van der Waals surface area contributed by atoms with Crippen molar-refractivity contribution in [2.45, 2.75) is 17.7 Å². The Morgan fingerprint density at radius 3 is 2.28 bits per heavy atom. The van der Waals surface area contributed by atoms with Crippen LogP contribution >= 0.6 is 0 Å². The van der Waals surface area contributed by atoms with E-state index in [1.807, 2.05) is 0 Å². The monoisotopic (exact) mass is 370 g/mol. The van der Waals surface area contributed by atoms with Crippen molar-refractivity contribution in [3.63, 3.8) is 0 Å². The molecule has 8 nitrogen and oxygen atoms in total.